The van der Waals surface area contributed by atoms with Gasteiger partial charge in [-0.05, 0) is 56.2 Å². The van der Waals surface area contributed by atoms with Gasteiger partial charge >= 0.3 is 0 Å². The number of nitrogens with one attached hydrogen (secondary N) is 1. The normalized spacial score (nSPS) is 18.6. The van der Waals surface area contributed by atoms with E-state index in [1.54, 1.807) is 41.1 Å². The first-order valence-electron chi connectivity index (χ1n) is 9.82. The van der Waals surface area contributed by atoms with Crippen LogP contribution in [-0.2, 0) is 23.2 Å². The molecule has 1 atom stereocenters. The molecule has 1 aromatic carbocycles. The van der Waals surface area contributed by atoms with Crippen LogP contribution in [0.4, 0.5) is 5.69 Å². The van der Waals surface area contributed by atoms with Crippen LogP contribution in [0.15, 0.2) is 28.8 Å². The number of rotatable bonds is 7. The van der Waals surface area contributed by atoms with Crippen molar-refractivity contribution in [2.45, 2.75) is 44.8 Å². The molecule has 1 aromatic heterocycles. The lowest BCUT2D eigenvalue weighted by Crippen LogP contribution is -2.42. The van der Waals surface area contributed by atoms with Crippen molar-refractivity contribution in [1.82, 2.24) is 15.1 Å². The van der Waals surface area contributed by atoms with Gasteiger partial charge in [0.1, 0.15) is 12.6 Å². The second-order valence-electron chi connectivity index (χ2n) is 7.68. The lowest BCUT2D eigenvalue weighted by Gasteiger charge is -2.22. The van der Waals surface area contributed by atoms with Gasteiger partial charge in [-0.1, -0.05) is 4.68 Å². The number of amides is 2. The molecule has 0 radical (unpaired) electrons. The van der Waals surface area contributed by atoms with E-state index < -0.39 is 12.0 Å². The molecule has 1 saturated carbocycles. The third kappa shape index (κ3) is 4.13. The highest BCUT2D eigenvalue weighted by Gasteiger charge is 2.49. The molecule has 2 aliphatic rings. The van der Waals surface area contributed by atoms with Crippen LogP contribution in [0.2, 0.25) is 0 Å². The average Bonchev–Trinajstić information content (AvgIpc) is 3.47. The van der Waals surface area contributed by atoms with E-state index in [0.29, 0.717) is 16.4 Å². The van der Waals surface area contributed by atoms with Gasteiger partial charge in [-0.25, -0.2) is 0 Å². The number of carbonyl (C=O) groups excluding carboxylic acids is 3. The Labute approximate surface area is 183 Å². The molecule has 1 aliphatic heterocycles. The van der Waals surface area contributed by atoms with Crippen LogP contribution in [0, 0.1) is 0 Å². The Balaban J connectivity index is 1.51. The summed E-state index contributed by atoms with van der Waals surface area (Å²) in [5.41, 5.74) is 1.29. The SMILES string of the molecule is CC(=O)c1ccc(NC(=O)CC2C(=O)N(C3CC3)C(=S)N2Cc2c([O-])on[n+]2C)cc1. The second-order valence-corrected chi connectivity index (χ2v) is 8.05. The number of aryl methyl sites for hydroxylation is 1. The van der Waals surface area contributed by atoms with Crippen molar-refractivity contribution in [3.63, 3.8) is 0 Å². The fourth-order valence-electron chi connectivity index (χ4n) is 3.54. The number of hydrogen-bond donors (Lipinski definition) is 1. The molecule has 2 amide bonds. The first-order valence-corrected chi connectivity index (χ1v) is 10.2. The third-order valence-corrected chi connectivity index (χ3v) is 5.84. The van der Waals surface area contributed by atoms with Crippen molar-refractivity contribution in [1.29, 1.82) is 0 Å². The summed E-state index contributed by atoms with van der Waals surface area (Å²) in [7, 11) is 1.56. The molecule has 31 heavy (non-hydrogen) atoms. The van der Waals surface area contributed by atoms with Crippen molar-refractivity contribution < 1.29 is 28.7 Å². The maximum absolute atomic E-state index is 13.1. The van der Waals surface area contributed by atoms with Gasteiger partial charge in [-0.2, -0.15) is 0 Å². The fourth-order valence-corrected chi connectivity index (χ4v) is 3.97. The molecule has 1 unspecified atom stereocenters. The zero-order chi connectivity index (χ0) is 22.3. The van der Waals surface area contributed by atoms with Crippen molar-refractivity contribution in [2.75, 3.05) is 5.32 Å². The van der Waals surface area contributed by atoms with Crippen molar-refractivity contribution in [2.24, 2.45) is 7.05 Å². The molecule has 1 saturated heterocycles. The van der Waals surface area contributed by atoms with Crippen molar-refractivity contribution >= 4 is 40.6 Å². The number of thiocarbonyl (C=S) groups is 1. The molecule has 1 aliphatic carbocycles. The van der Waals surface area contributed by atoms with Crippen LogP contribution in [0.5, 0.6) is 5.95 Å². The van der Waals surface area contributed by atoms with Crippen LogP contribution in [0.25, 0.3) is 0 Å². The van der Waals surface area contributed by atoms with Gasteiger partial charge < -0.3 is 19.8 Å². The Bertz CT molecular complexity index is 1040. The summed E-state index contributed by atoms with van der Waals surface area (Å²) in [6.07, 6.45) is 1.57. The van der Waals surface area contributed by atoms with Crippen LogP contribution < -0.4 is 15.1 Å². The molecule has 2 heterocycles. The van der Waals surface area contributed by atoms with Crippen molar-refractivity contribution in [3.8, 4) is 5.95 Å². The number of hydrogen-bond acceptors (Lipinski definition) is 7. The average molecular weight is 443 g/mol. The van der Waals surface area contributed by atoms with E-state index in [2.05, 4.69) is 15.1 Å². The van der Waals surface area contributed by atoms with E-state index in [9.17, 15) is 19.5 Å². The molecule has 11 heteroatoms. The lowest BCUT2D eigenvalue weighted by atomic mass is 10.1. The Kier molecular flexibility index (Phi) is 5.44. The van der Waals surface area contributed by atoms with Gasteiger partial charge in [0.2, 0.25) is 5.91 Å². The summed E-state index contributed by atoms with van der Waals surface area (Å²) in [6.45, 7) is 1.48. The maximum atomic E-state index is 13.1. The summed E-state index contributed by atoms with van der Waals surface area (Å²) in [5.74, 6) is -1.31. The Morgan fingerprint density at radius 1 is 1.32 bits per heavy atom. The molecular formula is C20H21N5O5S. The zero-order valence-electron chi connectivity index (χ0n) is 17.0. The van der Waals surface area contributed by atoms with Crippen molar-refractivity contribution in [3.05, 3.63) is 35.5 Å². The van der Waals surface area contributed by atoms with Crippen LogP contribution in [0.1, 0.15) is 42.2 Å². The smallest absolute Gasteiger partial charge is 0.252 e. The fraction of sp³-hybridized carbons (Fsp3) is 0.400. The molecule has 2 fully saturated rings. The maximum Gasteiger partial charge on any atom is 0.252 e. The molecule has 162 valence electrons. The molecule has 10 nitrogen and oxygen atoms in total. The largest absolute Gasteiger partial charge is 0.539 e. The predicted octanol–water partition coefficient (Wildman–Crippen LogP) is 0.264. The minimum Gasteiger partial charge on any atom is -0.539 e. The number of carbonyl (C=O) groups is 3. The minimum absolute atomic E-state index is 0.0118. The van der Waals surface area contributed by atoms with Gasteiger partial charge in [0, 0.05) is 17.3 Å². The van der Waals surface area contributed by atoms with Crippen LogP contribution in [0.3, 0.4) is 0 Å². The first-order chi connectivity index (χ1) is 14.8. The number of Topliss-reactive ketones (excluding diaryl/α,β-unsaturated/α-hetero) is 1. The summed E-state index contributed by atoms with van der Waals surface area (Å²) < 4.78 is 5.96. The number of anilines is 1. The molecule has 2 aromatic rings. The topological polar surface area (TPSA) is 123 Å². The van der Waals surface area contributed by atoms with Crippen LogP contribution >= 0.6 is 12.2 Å². The second kappa shape index (κ2) is 8.06. The van der Waals surface area contributed by atoms with Gasteiger partial charge in [0.05, 0.1) is 11.7 Å². The van der Waals surface area contributed by atoms with E-state index in [1.807, 2.05) is 0 Å². The minimum atomic E-state index is -0.834. The highest BCUT2D eigenvalue weighted by molar-refractivity contribution is 7.80. The summed E-state index contributed by atoms with van der Waals surface area (Å²) in [6, 6.07) is 5.71. The summed E-state index contributed by atoms with van der Waals surface area (Å²) in [5, 5.41) is 18.6. The molecule has 0 spiro atoms. The molecule has 0 bridgehead atoms. The van der Waals surface area contributed by atoms with E-state index >= 15 is 0 Å². The Morgan fingerprint density at radius 2 is 2.00 bits per heavy atom. The van der Waals surface area contributed by atoms with Crippen LogP contribution in [-0.4, -0.2) is 49.9 Å². The highest BCUT2D eigenvalue weighted by atomic mass is 32.1. The predicted molar refractivity (Wildman–Crippen MR) is 109 cm³/mol. The Morgan fingerprint density at radius 3 is 2.55 bits per heavy atom. The molecular weight excluding hydrogens is 422 g/mol. The quantitative estimate of drug-likeness (QED) is 0.367. The van der Waals surface area contributed by atoms with Gasteiger partial charge in [0.25, 0.3) is 11.6 Å². The van der Waals surface area contributed by atoms with Gasteiger partial charge in [0.15, 0.2) is 23.9 Å². The number of aromatic nitrogens is 2. The zero-order valence-corrected chi connectivity index (χ0v) is 17.8. The lowest BCUT2D eigenvalue weighted by molar-refractivity contribution is -0.746. The highest BCUT2D eigenvalue weighted by Crippen LogP contribution is 2.34. The van der Waals surface area contributed by atoms with E-state index in [4.69, 9.17) is 12.2 Å². The first kappa shape index (κ1) is 20.9. The van der Waals surface area contributed by atoms with Gasteiger partial charge in [-0.15, -0.1) is 0 Å². The number of ketones is 1. The number of nitrogens with zero attached hydrogens (tertiary/aromatic N) is 4. The standard InChI is InChI=1S/C20H21N5O5S/c1-11(26)12-3-5-13(6-4-12)21-17(27)9-15-18(28)25(14-7-8-14)20(31)24(15)10-16-19(29)30-22-23(16)2/h3-6,14-15H,7-10H2,1-2H3,(H-,21,22,26,27,29). The van der Waals surface area contributed by atoms with E-state index in [-0.39, 0.29) is 42.3 Å². The van der Waals surface area contributed by atoms with E-state index in [0.717, 1.165) is 12.8 Å². The summed E-state index contributed by atoms with van der Waals surface area (Å²) >= 11 is 5.52. The third-order valence-electron chi connectivity index (χ3n) is 5.41. The molecule has 1 N–H and O–H groups in total. The Hall–Kier alpha value is -3.34. The monoisotopic (exact) mass is 443 g/mol. The molecule has 4 rings (SSSR count). The summed E-state index contributed by atoms with van der Waals surface area (Å²) in [4.78, 5) is 40.3. The number of benzene rings is 1. The van der Waals surface area contributed by atoms with Gasteiger partial charge in [-0.3, -0.25) is 19.3 Å². The van der Waals surface area contributed by atoms with E-state index in [1.165, 1.54) is 11.6 Å².